The van der Waals surface area contributed by atoms with E-state index in [1.807, 2.05) is 84.9 Å². The minimum Gasteiger partial charge on any atom is -0.439 e. The Hall–Kier alpha value is -5.54. The van der Waals surface area contributed by atoms with Gasteiger partial charge >= 0.3 is 0 Å². The van der Waals surface area contributed by atoms with Crippen molar-refractivity contribution in [1.29, 1.82) is 0 Å². The molecular weight excluding hydrogens is 500 g/mol. The van der Waals surface area contributed by atoms with Gasteiger partial charge < -0.3 is 8.98 Å². The Morgan fingerprint density at radius 3 is 1.90 bits per heavy atom. The molecule has 41 heavy (non-hydrogen) atoms. The third-order valence-corrected chi connectivity index (χ3v) is 7.79. The lowest BCUT2D eigenvalue weighted by Gasteiger charge is -2.12. The highest BCUT2D eigenvalue weighted by Gasteiger charge is 2.21. The van der Waals surface area contributed by atoms with Crippen molar-refractivity contribution in [3.05, 3.63) is 145 Å². The molecule has 9 rings (SSSR count). The van der Waals surface area contributed by atoms with Crippen molar-refractivity contribution in [2.45, 2.75) is 0 Å². The molecule has 0 aliphatic carbocycles. The summed E-state index contributed by atoms with van der Waals surface area (Å²) in [5, 5.41) is 3.17. The highest BCUT2D eigenvalue weighted by molar-refractivity contribution is 6.22. The Bertz CT molecular complexity index is 2770. The van der Waals surface area contributed by atoms with Crippen LogP contribution in [-0.4, -0.2) is 9.13 Å². The molecule has 0 amide bonds. The Labute approximate surface area is 247 Å². The van der Waals surface area contributed by atoms with Gasteiger partial charge in [-0.1, -0.05) is 103 Å². The van der Waals surface area contributed by atoms with E-state index in [2.05, 4.69) is 16.7 Å². The first-order valence-corrected chi connectivity index (χ1v) is 13.3. The molecule has 3 nitrogen and oxygen atoms in total. The number of para-hydroxylation sites is 5. The number of furan rings is 1. The second-order valence-corrected chi connectivity index (χ2v) is 9.98. The van der Waals surface area contributed by atoms with Crippen LogP contribution in [-0.2, 0) is 0 Å². The van der Waals surface area contributed by atoms with Gasteiger partial charge in [0.05, 0.1) is 32.9 Å². The van der Waals surface area contributed by atoms with Crippen molar-refractivity contribution in [3.63, 3.8) is 0 Å². The van der Waals surface area contributed by atoms with Crippen LogP contribution in [0.5, 0.6) is 0 Å². The lowest BCUT2D eigenvalue weighted by atomic mass is 10.0. The van der Waals surface area contributed by atoms with Crippen molar-refractivity contribution in [2.24, 2.45) is 0 Å². The summed E-state index contributed by atoms with van der Waals surface area (Å²) in [6, 6.07) is 28.4. The largest absolute Gasteiger partial charge is 0.439 e. The number of benzene rings is 6. The van der Waals surface area contributed by atoms with Gasteiger partial charge in [0.2, 0.25) is 5.71 Å². The molecule has 0 bridgehead atoms. The maximum absolute atomic E-state index is 8.82. The van der Waals surface area contributed by atoms with Crippen LogP contribution in [0.1, 0.15) is 11.0 Å². The van der Waals surface area contributed by atoms with E-state index in [0.29, 0.717) is 5.69 Å². The fourth-order valence-electron chi connectivity index (χ4n) is 6.06. The van der Waals surface area contributed by atoms with Gasteiger partial charge in [0.25, 0.3) is 0 Å². The summed E-state index contributed by atoms with van der Waals surface area (Å²) in [5.74, 6) is 0. The molecule has 3 heteroatoms. The molecule has 0 aliphatic heterocycles. The summed E-state index contributed by atoms with van der Waals surface area (Å²) in [5.41, 5.74) is 5.93. The molecule has 0 saturated carbocycles. The topological polar surface area (TPSA) is 23.0 Å². The quantitative estimate of drug-likeness (QED) is 0.222. The van der Waals surface area contributed by atoms with Gasteiger partial charge in [0.15, 0.2) is 0 Å². The maximum Gasteiger partial charge on any atom is 0.213 e. The molecule has 192 valence electrons. The Morgan fingerprint density at radius 2 is 1.15 bits per heavy atom. The van der Waals surface area contributed by atoms with Crippen LogP contribution >= 0.6 is 0 Å². The molecule has 3 aromatic heterocycles. The normalized spacial score (nSPS) is 14.6. The smallest absolute Gasteiger partial charge is 0.213 e. The summed E-state index contributed by atoms with van der Waals surface area (Å²) in [6.45, 7) is 0. The average molecular weight is 533 g/mol. The van der Waals surface area contributed by atoms with Crippen molar-refractivity contribution in [2.75, 3.05) is 0 Å². The van der Waals surface area contributed by atoms with E-state index in [0.717, 1.165) is 49.8 Å². The molecule has 3 heterocycles. The Balaban J connectivity index is 1.33. The summed E-state index contributed by atoms with van der Waals surface area (Å²) >= 11 is 0. The molecule has 0 atom stereocenters. The van der Waals surface area contributed by atoms with E-state index in [1.54, 1.807) is 0 Å². The average Bonchev–Trinajstić information content (AvgIpc) is 3.79. The minimum absolute atomic E-state index is 0.0531. The van der Waals surface area contributed by atoms with Crippen molar-refractivity contribution in [3.8, 4) is 22.5 Å². The van der Waals surface area contributed by atoms with Gasteiger partial charge in [-0.15, -0.1) is 0 Å². The van der Waals surface area contributed by atoms with Gasteiger partial charge in [-0.25, -0.2) is 0 Å². The zero-order valence-corrected chi connectivity index (χ0v) is 21.5. The summed E-state index contributed by atoms with van der Waals surface area (Å²) in [4.78, 5) is 0. The van der Waals surface area contributed by atoms with E-state index in [4.69, 9.17) is 15.4 Å². The second kappa shape index (κ2) is 8.48. The molecule has 0 N–H and O–H groups in total. The van der Waals surface area contributed by atoms with Crippen molar-refractivity contribution < 1.29 is 15.4 Å². The second-order valence-electron chi connectivity index (χ2n) is 9.98. The van der Waals surface area contributed by atoms with E-state index in [9.17, 15) is 0 Å². The number of hydrogen-bond donors (Lipinski definition) is 0. The maximum atomic E-state index is 8.82. The first kappa shape index (κ1) is 15.9. The summed E-state index contributed by atoms with van der Waals surface area (Å²) < 4.78 is 78.6. The number of fused-ring (bicyclic) bond motifs is 8. The van der Waals surface area contributed by atoms with Gasteiger partial charge in [-0.3, -0.25) is 4.57 Å². The van der Waals surface area contributed by atoms with Crippen LogP contribution in [0.3, 0.4) is 0 Å². The van der Waals surface area contributed by atoms with Crippen LogP contribution in [0, 0.1) is 0 Å². The predicted octanol–water partition coefficient (Wildman–Crippen LogP) is 10.3. The molecular formula is C38H24N2O. The minimum atomic E-state index is -0.465. The molecule has 9 aromatic rings. The standard InChI is InChI=1S/C38H24N2O/c1-2-11-26(12-3-1)40-37-28(16-10-17-32(37)36-31-15-6-9-20-35(31)41-38(36)40)25-21-23-27(24-22-25)39-33-18-7-4-13-29(33)30-14-5-8-19-34(30)39/h1-24H/i4D,5D,7D,8D,13D,14D,18D,19D. The van der Waals surface area contributed by atoms with Crippen LogP contribution in [0.4, 0.5) is 0 Å². The van der Waals surface area contributed by atoms with Crippen LogP contribution in [0.25, 0.3) is 77.3 Å². The fraction of sp³-hybridized carbons (Fsp3) is 0. The molecule has 0 saturated heterocycles. The zero-order valence-electron chi connectivity index (χ0n) is 29.5. The van der Waals surface area contributed by atoms with Crippen LogP contribution in [0.15, 0.2) is 150 Å². The number of rotatable bonds is 3. The van der Waals surface area contributed by atoms with E-state index < -0.39 is 24.2 Å². The van der Waals surface area contributed by atoms with E-state index >= 15 is 0 Å². The first-order valence-electron chi connectivity index (χ1n) is 17.3. The zero-order chi connectivity index (χ0) is 33.9. The fourth-order valence-corrected chi connectivity index (χ4v) is 6.06. The third-order valence-electron chi connectivity index (χ3n) is 7.79. The van der Waals surface area contributed by atoms with Crippen LogP contribution in [0.2, 0.25) is 0 Å². The molecule has 0 fully saturated rings. The highest BCUT2D eigenvalue weighted by Crippen LogP contribution is 2.42. The Kier molecular flexibility index (Phi) is 3.29. The third kappa shape index (κ3) is 3.14. The Morgan fingerprint density at radius 1 is 0.512 bits per heavy atom. The van der Waals surface area contributed by atoms with Gasteiger partial charge in [0, 0.05) is 38.5 Å². The lowest BCUT2D eigenvalue weighted by Crippen LogP contribution is -1.96. The molecule has 0 radical (unpaired) electrons. The number of hydrogen-bond acceptors (Lipinski definition) is 1. The highest BCUT2D eigenvalue weighted by atomic mass is 16.3. The molecule has 0 unspecified atom stereocenters. The van der Waals surface area contributed by atoms with E-state index in [-0.39, 0.29) is 46.0 Å². The number of aromatic nitrogens is 2. The molecule has 6 aromatic carbocycles. The lowest BCUT2D eigenvalue weighted by molar-refractivity contribution is 0.645. The monoisotopic (exact) mass is 532 g/mol. The van der Waals surface area contributed by atoms with E-state index in [1.165, 1.54) is 4.57 Å². The summed E-state index contributed by atoms with van der Waals surface area (Å²) in [7, 11) is 0. The van der Waals surface area contributed by atoms with Crippen molar-refractivity contribution >= 4 is 54.8 Å². The molecule has 0 spiro atoms. The molecule has 0 aliphatic rings. The van der Waals surface area contributed by atoms with Gasteiger partial charge in [-0.2, -0.15) is 0 Å². The summed E-state index contributed by atoms with van der Waals surface area (Å²) in [6.07, 6.45) is 0. The van der Waals surface area contributed by atoms with Gasteiger partial charge in [0.1, 0.15) is 5.58 Å². The van der Waals surface area contributed by atoms with Crippen LogP contribution < -0.4 is 0 Å². The van der Waals surface area contributed by atoms with Crippen molar-refractivity contribution in [1.82, 2.24) is 9.13 Å². The SMILES string of the molecule is [2H]c1c([2H])c([2H])c2c(c1[2H])c1c([2H])c([2H])c([2H])c([2H])c1n2-c1ccc(-c2cccc3c4c5ccccc5oc4n(-c4ccccc4)c23)cc1. The predicted molar refractivity (Wildman–Crippen MR) is 170 cm³/mol. The van der Waals surface area contributed by atoms with Gasteiger partial charge in [-0.05, 0) is 48.0 Å². The number of nitrogens with zero attached hydrogens (tertiary/aromatic N) is 2. The first-order chi connectivity index (χ1) is 23.7.